The summed E-state index contributed by atoms with van der Waals surface area (Å²) in [6, 6.07) is 0. The minimum Gasteiger partial charge on any atom is -0.377 e. The van der Waals surface area contributed by atoms with Gasteiger partial charge in [-0.1, -0.05) is 0 Å². The second-order valence-corrected chi connectivity index (χ2v) is 4.23. The van der Waals surface area contributed by atoms with Crippen molar-refractivity contribution in [2.24, 2.45) is 0 Å². The van der Waals surface area contributed by atoms with Crippen LogP contribution in [0, 0.1) is 0 Å². The molecule has 1 saturated heterocycles. The minimum absolute atomic E-state index is 0.128. The summed E-state index contributed by atoms with van der Waals surface area (Å²) in [6.45, 7) is 5.96. The number of hydrogen-bond acceptors (Lipinski definition) is 2. The van der Waals surface area contributed by atoms with Gasteiger partial charge in [0.1, 0.15) is 0 Å². The molecule has 13 heavy (non-hydrogen) atoms. The number of amides is 1. The van der Waals surface area contributed by atoms with Crippen LogP contribution in [0.3, 0.4) is 0 Å². The first-order chi connectivity index (χ1) is 6.08. The lowest BCUT2D eigenvalue weighted by atomic mass is 10.0. The maximum atomic E-state index is 11.6. The Hall–Kier alpha value is -0.280. The van der Waals surface area contributed by atoms with E-state index in [0.717, 1.165) is 0 Å². The third-order valence-corrected chi connectivity index (χ3v) is 2.44. The molecule has 1 amide bonds. The molecule has 0 bridgehead atoms. The molecule has 0 N–H and O–H groups in total. The molecule has 1 aliphatic heterocycles. The van der Waals surface area contributed by atoms with Crippen molar-refractivity contribution < 1.29 is 9.53 Å². The van der Waals surface area contributed by atoms with Gasteiger partial charge in [-0.25, -0.2) is 0 Å². The predicted molar refractivity (Wildman–Crippen MR) is 51.9 cm³/mol. The number of halogens is 1. The Labute approximate surface area is 84.0 Å². The van der Waals surface area contributed by atoms with Crippen LogP contribution in [0.5, 0.6) is 0 Å². The molecule has 0 radical (unpaired) electrons. The van der Waals surface area contributed by atoms with Gasteiger partial charge in [0.15, 0.2) is 0 Å². The minimum atomic E-state index is -0.179. The normalized spacial score (nSPS) is 21.6. The van der Waals surface area contributed by atoms with Crippen molar-refractivity contribution >= 4 is 17.5 Å². The van der Waals surface area contributed by atoms with Crippen LogP contribution in [0.25, 0.3) is 0 Å². The van der Waals surface area contributed by atoms with E-state index in [1.165, 1.54) is 0 Å². The average molecular weight is 206 g/mol. The van der Waals surface area contributed by atoms with E-state index in [1.807, 2.05) is 18.7 Å². The van der Waals surface area contributed by atoms with Crippen molar-refractivity contribution in [2.75, 3.05) is 25.6 Å². The summed E-state index contributed by atoms with van der Waals surface area (Å²) in [4.78, 5) is 13.5. The summed E-state index contributed by atoms with van der Waals surface area (Å²) in [5.74, 6) is 0.523. The number of nitrogens with zero attached hydrogens (tertiary/aromatic N) is 1. The number of ether oxygens (including phenoxy) is 1. The molecule has 3 nitrogen and oxygen atoms in total. The van der Waals surface area contributed by atoms with Crippen LogP contribution in [0.1, 0.15) is 20.3 Å². The largest absolute Gasteiger partial charge is 0.377 e. The highest BCUT2D eigenvalue weighted by atomic mass is 35.5. The Bertz CT molecular complexity index is 194. The number of rotatable bonds is 2. The Kier molecular flexibility index (Phi) is 3.56. The van der Waals surface area contributed by atoms with Gasteiger partial charge in [0.2, 0.25) is 5.91 Å². The smallest absolute Gasteiger partial charge is 0.224 e. The van der Waals surface area contributed by atoms with Crippen LogP contribution in [0.4, 0.5) is 0 Å². The third kappa shape index (κ3) is 2.58. The Morgan fingerprint density at radius 2 is 2.31 bits per heavy atom. The van der Waals surface area contributed by atoms with Gasteiger partial charge < -0.3 is 9.64 Å². The molecule has 0 aromatic heterocycles. The molecule has 0 saturated carbocycles. The number of carbonyl (C=O) groups excluding carboxylic acids is 1. The molecule has 0 aromatic carbocycles. The highest BCUT2D eigenvalue weighted by Crippen LogP contribution is 2.19. The van der Waals surface area contributed by atoms with Crippen LogP contribution in [-0.4, -0.2) is 42.0 Å². The van der Waals surface area contributed by atoms with Gasteiger partial charge >= 0.3 is 0 Å². The first-order valence-corrected chi connectivity index (χ1v) is 5.05. The van der Waals surface area contributed by atoms with Crippen LogP contribution in [-0.2, 0) is 9.53 Å². The van der Waals surface area contributed by atoms with Crippen molar-refractivity contribution in [1.29, 1.82) is 0 Å². The summed E-state index contributed by atoms with van der Waals surface area (Å²) < 4.78 is 5.32. The molecule has 0 aromatic rings. The van der Waals surface area contributed by atoms with Crippen LogP contribution in [0.15, 0.2) is 0 Å². The lowest BCUT2D eigenvalue weighted by molar-refractivity contribution is -0.145. The summed E-state index contributed by atoms with van der Waals surface area (Å²) in [5, 5.41) is 0. The summed E-state index contributed by atoms with van der Waals surface area (Å²) >= 11 is 5.53. The van der Waals surface area contributed by atoms with E-state index in [1.54, 1.807) is 0 Å². The molecule has 0 spiro atoms. The Morgan fingerprint density at radius 3 is 2.85 bits per heavy atom. The topological polar surface area (TPSA) is 29.5 Å². The molecule has 0 unspecified atom stereocenters. The maximum Gasteiger partial charge on any atom is 0.224 e. The predicted octanol–water partition coefficient (Wildman–Crippen LogP) is 1.25. The van der Waals surface area contributed by atoms with Crippen molar-refractivity contribution in [1.82, 2.24) is 4.90 Å². The number of carbonyl (C=O) groups is 1. The average Bonchev–Trinajstić information content (AvgIpc) is 2.03. The lowest BCUT2D eigenvalue weighted by Gasteiger charge is -2.42. The second-order valence-electron chi connectivity index (χ2n) is 3.85. The van der Waals surface area contributed by atoms with E-state index in [4.69, 9.17) is 16.3 Å². The van der Waals surface area contributed by atoms with Crippen LogP contribution < -0.4 is 0 Å². The summed E-state index contributed by atoms with van der Waals surface area (Å²) in [6.07, 6.45) is 0.422. The van der Waals surface area contributed by atoms with Gasteiger partial charge in [-0.3, -0.25) is 4.79 Å². The van der Waals surface area contributed by atoms with Crippen LogP contribution >= 0.6 is 11.6 Å². The van der Waals surface area contributed by atoms with Crippen molar-refractivity contribution in [3.63, 3.8) is 0 Å². The fourth-order valence-electron chi connectivity index (χ4n) is 1.54. The first kappa shape index (κ1) is 10.8. The van der Waals surface area contributed by atoms with E-state index in [9.17, 15) is 4.79 Å². The monoisotopic (exact) mass is 205 g/mol. The van der Waals surface area contributed by atoms with Crippen molar-refractivity contribution in [3.8, 4) is 0 Å². The molecule has 0 aliphatic carbocycles. The number of morpholine rings is 1. The molecule has 1 aliphatic rings. The zero-order valence-electron chi connectivity index (χ0n) is 8.18. The van der Waals surface area contributed by atoms with Gasteiger partial charge in [-0.15, -0.1) is 11.6 Å². The number of alkyl halides is 1. The van der Waals surface area contributed by atoms with E-state index in [0.29, 0.717) is 32.1 Å². The Morgan fingerprint density at radius 1 is 1.62 bits per heavy atom. The molecule has 0 atom stereocenters. The first-order valence-electron chi connectivity index (χ1n) is 4.52. The highest BCUT2D eigenvalue weighted by Gasteiger charge is 2.33. The summed E-state index contributed by atoms with van der Waals surface area (Å²) in [5.41, 5.74) is -0.179. The van der Waals surface area contributed by atoms with Gasteiger partial charge in [0, 0.05) is 18.8 Å². The van der Waals surface area contributed by atoms with Gasteiger partial charge in [-0.2, -0.15) is 0 Å². The van der Waals surface area contributed by atoms with Crippen molar-refractivity contribution in [2.45, 2.75) is 25.8 Å². The van der Waals surface area contributed by atoms with Crippen molar-refractivity contribution in [3.05, 3.63) is 0 Å². The second kappa shape index (κ2) is 4.29. The molecule has 1 rings (SSSR count). The molecule has 4 heteroatoms. The van der Waals surface area contributed by atoms with E-state index in [2.05, 4.69) is 0 Å². The van der Waals surface area contributed by atoms with E-state index in [-0.39, 0.29) is 11.4 Å². The maximum absolute atomic E-state index is 11.6. The fraction of sp³-hybridized carbons (Fsp3) is 0.889. The standard InChI is InChI=1S/C9H16ClNO2/c1-9(2)7-13-6-5-11(9)8(12)3-4-10/h3-7H2,1-2H3. The van der Waals surface area contributed by atoms with Gasteiger partial charge in [0.25, 0.3) is 0 Å². The molecular weight excluding hydrogens is 190 g/mol. The molecular formula is C9H16ClNO2. The van der Waals surface area contributed by atoms with Gasteiger partial charge in [0.05, 0.1) is 18.8 Å². The third-order valence-electron chi connectivity index (χ3n) is 2.25. The zero-order valence-corrected chi connectivity index (χ0v) is 8.93. The fourth-order valence-corrected chi connectivity index (χ4v) is 1.70. The number of hydrogen-bond donors (Lipinski definition) is 0. The highest BCUT2D eigenvalue weighted by molar-refractivity contribution is 6.18. The quantitative estimate of drug-likeness (QED) is 0.636. The van der Waals surface area contributed by atoms with Crippen LogP contribution in [0.2, 0.25) is 0 Å². The molecule has 76 valence electrons. The molecule has 1 heterocycles. The lowest BCUT2D eigenvalue weighted by Crippen LogP contribution is -2.55. The van der Waals surface area contributed by atoms with E-state index < -0.39 is 0 Å². The summed E-state index contributed by atoms with van der Waals surface area (Å²) in [7, 11) is 0. The molecule has 1 fully saturated rings. The Balaban J connectivity index is 2.59. The van der Waals surface area contributed by atoms with Gasteiger partial charge in [-0.05, 0) is 13.8 Å². The van der Waals surface area contributed by atoms with E-state index >= 15 is 0 Å². The SMILES string of the molecule is CC1(C)COCCN1C(=O)CCCl. The zero-order chi connectivity index (χ0) is 9.90.